The van der Waals surface area contributed by atoms with E-state index < -0.39 is 23.8 Å². The zero-order valence-electron chi connectivity index (χ0n) is 17.4. The van der Waals surface area contributed by atoms with Gasteiger partial charge in [0.1, 0.15) is 6.04 Å². The van der Waals surface area contributed by atoms with Gasteiger partial charge < -0.3 is 5.32 Å². The molecule has 2 heterocycles. The number of carbonyl (C=O) groups is 4. The van der Waals surface area contributed by atoms with Crippen molar-refractivity contribution in [3.8, 4) is 0 Å². The largest absolute Gasteiger partial charge is 0.356 e. The van der Waals surface area contributed by atoms with Crippen molar-refractivity contribution in [1.82, 2.24) is 10.2 Å². The predicted octanol–water partition coefficient (Wildman–Crippen LogP) is 3.56. The zero-order chi connectivity index (χ0) is 22.0. The highest BCUT2D eigenvalue weighted by atomic mass is 16.2. The van der Waals surface area contributed by atoms with Gasteiger partial charge in [-0.05, 0) is 55.2 Å². The molecule has 160 valence electrons. The Bertz CT molecular complexity index is 1050. The van der Waals surface area contributed by atoms with E-state index in [4.69, 9.17) is 0 Å². The summed E-state index contributed by atoms with van der Waals surface area (Å²) in [7, 11) is 0. The minimum absolute atomic E-state index is 0.102. The molecular weight excluding hydrogens is 394 g/mol. The average Bonchev–Trinajstić information content (AvgIpc) is 3.00. The molecule has 31 heavy (non-hydrogen) atoms. The lowest BCUT2D eigenvalue weighted by molar-refractivity contribution is -0.136. The molecule has 1 fully saturated rings. The monoisotopic (exact) mass is 419 g/mol. The normalized spacial score (nSPS) is 18.2. The summed E-state index contributed by atoms with van der Waals surface area (Å²) in [6, 6.07) is 12.2. The predicted molar refractivity (Wildman–Crippen MR) is 116 cm³/mol. The Labute approximate surface area is 180 Å². The summed E-state index contributed by atoms with van der Waals surface area (Å²) < 4.78 is 0. The first-order valence-corrected chi connectivity index (χ1v) is 10.7. The number of unbranched alkanes of at least 4 members (excludes halogenated alkanes) is 2. The molecule has 7 nitrogen and oxygen atoms in total. The van der Waals surface area contributed by atoms with Crippen molar-refractivity contribution in [3.05, 3.63) is 59.2 Å². The minimum Gasteiger partial charge on any atom is -0.356 e. The Morgan fingerprint density at radius 3 is 2.35 bits per heavy atom. The van der Waals surface area contributed by atoms with E-state index in [0.717, 1.165) is 17.0 Å². The molecule has 0 bridgehead atoms. The number of amides is 4. The van der Waals surface area contributed by atoms with Gasteiger partial charge in [-0.15, -0.1) is 0 Å². The summed E-state index contributed by atoms with van der Waals surface area (Å²) in [6.45, 7) is 2.19. The van der Waals surface area contributed by atoms with Crippen LogP contribution in [0.1, 0.15) is 65.3 Å². The first kappa shape index (κ1) is 20.8. The molecule has 0 radical (unpaired) electrons. The number of nitrogens with one attached hydrogen (secondary N) is 2. The van der Waals surface area contributed by atoms with Crippen molar-refractivity contribution in [2.24, 2.45) is 0 Å². The number of hydrogen-bond donors (Lipinski definition) is 2. The van der Waals surface area contributed by atoms with Gasteiger partial charge in [-0.1, -0.05) is 31.9 Å². The van der Waals surface area contributed by atoms with E-state index >= 15 is 0 Å². The van der Waals surface area contributed by atoms with Crippen molar-refractivity contribution >= 4 is 35.0 Å². The average molecular weight is 419 g/mol. The lowest BCUT2D eigenvalue weighted by Crippen LogP contribution is -2.54. The van der Waals surface area contributed by atoms with Crippen LogP contribution in [0.3, 0.4) is 0 Å². The van der Waals surface area contributed by atoms with Crippen LogP contribution in [0.25, 0.3) is 0 Å². The first-order valence-electron chi connectivity index (χ1n) is 10.7. The summed E-state index contributed by atoms with van der Waals surface area (Å²) in [4.78, 5) is 50.2. The van der Waals surface area contributed by atoms with Crippen LogP contribution < -0.4 is 10.6 Å². The Kier molecular flexibility index (Phi) is 5.84. The maximum absolute atomic E-state index is 12.9. The molecule has 2 aromatic carbocycles. The molecule has 4 amide bonds. The van der Waals surface area contributed by atoms with Gasteiger partial charge in [0.15, 0.2) is 0 Å². The van der Waals surface area contributed by atoms with Gasteiger partial charge in [0.05, 0.1) is 11.1 Å². The van der Waals surface area contributed by atoms with Gasteiger partial charge in [0, 0.05) is 17.8 Å². The van der Waals surface area contributed by atoms with Crippen LogP contribution in [0.4, 0.5) is 11.4 Å². The van der Waals surface area contributed by atoms with Crippen LogP contribution in [0.5, 0.6) is 0 Å². The summed E-state index contributed by atoms with van der Waals surface area (Å²) in [5.41, 5.74) is 3.39. The van der Waals surface area contributed by atoms with Crippen LogP contribution in [0.2, 0.25) is 0 Å². The number of carbonyl (C=O) groups excluding carboxylic acids is 4. The van der Waals surface area contributed by atoms with Crippen LogP contribution in [-0.2, 0) is 16.0 Å². The summed E-state index contributed by atoms with van der Waals surface area (Å²) in [5, 5.41) is 5.47. The van der Waals surface area contributed by atoms with E-state index in [1.165, 1.54) is 24.8 Å². The topological polar surface area (TPSA) is 95.6 Å². The Morgan fingerprint density at radius 1 is 0.935 bits per heavy atom. The molecule has 1 unspecified atom stereocenters. The summed E-state index contributed by atoms with van der Waals surface area (Å²) in [6.07, 6.45) is 4.89. The maximum atomic E-state index is 12.9. The fourth-order valence-corrected chi connectivity index (χ4v) is 4.05. The van der Waals surface area contributed by atoms with Crippen molar-refractivity contribution in [1.29, 1.82) is 0 Å². The number of rotatable bonds is 7. The molecule has 7 heteroatoms. The van der Waals surface area contributed by atoms with Crippen molar-refractivity contribution in [2.75, 3.05) is 5.32 Å². The smallest absolute Gasteiger partial charge is 0.262 e. The second kappa shape index (κ2) is 8.71. The third-order valence-electron chi connectivity index (χ3n) is 5.75. The van der Waals surface area contributed by atoms with Gasteiger partial charge in [-0.2, -0.15) is 0 Å². The maximum Gasteiger partial charge on any atom is 0.262 e. The molecule has 0 aliphatic carbocycles. The number of hydrogen-bond acceptors (Lipinski definition) is 5. The number of fused-ring (bicyclic) bond motifs is 1. The third-order valence-corrected chi connectivity index (χ3v) is 5.75. The van der Waals surface area contributed by atoms with Gasteiger partial charge in [-0.3, -0.25) is 29.4 Å². The molecule has 1 atom stereocenters. The van der Waals surface area contributed by atoms with Crippen LogP contribution >= 0.6 is 0 Å². The van der Waals surface area contributed by atoms with Gasteiger partial charge in [-0.25, -0.2) is 0 Å². The Hall–Kier alpha value is -3.48. The number of aryl methyl sites for hydroxylation is 1. The quantitative estimate of drug-likeness (QED) is 0.528. The van der Waals surface area contributed by atoms with Crippen molar-refractivity contribution < 1.29 is 19.2 Å². The molecule has 2 N–H and O–H groups in total. The van der Waals surface area contributed by atoms with E-state index in [9.17, 15) is 19.2 Å². The minimum atomic E-state index is -0.957. The number of piperidine rings is 1. The highest BCUT2D eigenvalue weighted by Gasteiger charge is 2.44. The number of imide groups is 2. The Morgan fingerprint density at radius 2 is 1.65 bits per heavy atom. The molecule has 2 aliphatic rings. The van der Waals surface area contributed by atoms with Crippen LogP contribution in [-0.4, -0.2) is 34.6 Å². The number of nitrogens with zero attached hydrogens (tertiary/aromatic N) is 1. The molecule has 0 aromatic heterocycles. The molecule has 2 aliphatic heterocycles. The molecule has 1 saturated heterocycles. The standard InChI is InChI=1S/C24H25N3O4/c1-2-3-4-5-15-6-8-16(9-7-15)25-17-10-11-18-19(14-17)24(31)27(23(18)30)20-12-13-21(28)26-22(20)29/h6-11,14,20,25H,2-5,12-13H2,1H3,(H,26,28,29). The highest BCUT2D eigenvalue weighted by Crippen LogP contribution is 2.30. The fourth-order valence-electron chi connectivity index (χ4n) is 4.05. The SMILES string of the molecule is CCCCCc1ccc(Nc2ccc3c(c2)C(=O)N(C2CCC(=O)NC2=O)C3=O)cc1. The zero-order valence-corrected chi connectivity index (χ0v) is 17.4. The van der Waals surface area contributed by atoms with Gasteiger partial charge in [0.25, 0.3) is 11.8 Å². The second-order valence-corrected chi connectivity index (χ2v) is 7.99. The van der Waals surface area contributed by atoms with E-state index in [1.54, 1.807) is 18.2 Å². The Balaban J connectivity index is 1.48. The van der Waals surface area contributed by atoms with Crippen molar-refractivity contribution in [3.63, 3.8) is 0 Å². The number of benzene rings is 2. The first-order chi connectivity index (χ1) is 15.0. The molecule has 0 saturated carbocycles. The summed E-state index contributed by atoms with van der Waals surface area (Å²) in [5.74, 6) is -2.01. The molecule has 2 aromatic rings. The highest BCUT2D eigenvalue weighted by molar-refractivity contribution is 6.23. The van der Waals surface area contributed by atoms with E-state index in [2.05, 4.69) is 29.7 Å². The molecular formula is C24H25N3O4. The summed E-state index contributed by atoms with van der Waals surface area (Å²) >= 11 is 0. The lowest BCUT2D eigenvalue weighted by Gasteiger charge is -2.27. The van der Waals surface area contributed by atoms with Gasteiger partial charge >= 0.3 is 0 Å². The van der Waals surface area contributed by atoms with E-state index in [0.29, 0.717) is 5.69 Å². The van der Waals surface area contributed by atoms with Gasteiger partial charge in [0.2, 0.25) is 11.8 Å². The van der Waals surface area contributed by atoms with Crippen LogP contribution in [0, 0.1) is 0 Å². The van der Waals surface area contributed by atoms with E-state index in [1.807, 2.05) is 12.1 Å². The third kappa shape index (κ3) is 4.21. The molecule has 0 spiro atoms. The second-order valence-electron chi connectivity index (χ2n) is 7.99. The number of anilines is 2. The molecule has 4 rings (SSSR count). The van der Waals surface area contributed by atoms with Crippen LogP contribution in [0.15, 0.2) is 42.5 Å². The fraction of sp³-hybridized carbons (Fsp3) is 0.333. The van der Waals surface area contributed by atoms with E-state index in [-0.39, 0.29) is 29.9 Å². The lowest BCUT2D eigenvalue weighted by atomic mass is 10.0. The van der Waals surface area contributed by atoms with Crippen molar-refractivity contribution in [2.45, 2.75) is 51.5 Å².